The predicted octanol–water partition coefficient (Wildman–Crippen LogP) is 5.19. The van der Waals surface area contributed by atoms with Crippen molar-refractivity contribution in [3.8, 4) is 0 Å². The predicted molar refractivity (Wildman–Crippen MR) is 153 cm³/mol. The van der Waals surface area contributed by atoms with Gasteiger partial charge in [-0.2, -0.15) is 0 Å². The van der Waals surface area contributed by atoms with Gasteiger partial charge < -0.3 is 19.7 Å². The van der Waals surface area contributed by atoms with Gasteiger partial charge in [-0.3, -0.25) is 14.5 Å². The Morgan fingerprint density at radius 2 is 1.15 bits per heavy atom. The number of aromatic amines is 3. The summed E-state index contributed by atoms with van der Waals surface area (Å²) in [5.74, 6) is -1.74. The highest BCUT2D eigenvalue weighted by Crippen LogP contribution is 2.42. The maximum Gasteiger partial charge on any atom is 0.329 e. The first-order chi connectivity index (χ1) is 19.6. The first-order valence-corrected chi connectivity index (χ1v) is 12.9. The molecule has 2 amide bonds. The molecule has 6 aromatic rings. The molecule has 196 valence electrons. The Bertz CT molecular complexity index is 1910. The number of methoxy groups -OCH3 is 1. The Morgan fingerprint density at radius 3 is 1.68 bits per heavy atom. The van der Waals surface area contributed by atoms with E-state index in [9.17, 15) is 14.4 Å². The van der Waals surface area contributed by atoms with E-state index < -0.39 is 23.8 Å². The largest absolute Gasteiger partial charge is 0.467 e. The van der Waals surface area contributed by atoms with Gasteiger partial charge in [-0.25, -0.2) is 4.79 Å². The van der Waals surface area contributed by atoms with Crippen LogP contribution in [0.1, 0.15) is 16.7 Å². The molecule has 7 rings (SSSR count). The van der Waals surface area contributed by atoms with Gasteiger partial charge in [0.15, 0.2) is 0 Å². The Kier molecular flexibility index (Phi) is 5.41. The summed E-state index contributed by atoms with van der Waals surface area (Å²) in [5.41, 5.74) is 5.09. The number of esters is 1. The summed E-state index contributed by atoms with van der Waals surface area (Å²) in [7, 11) is 1.27. The first-order valence-electron chi connectivity index (χ1n) is 12.9. The van der Waals surface area contributed by atoms with Crippen LogP contribution in [-0.2, 0) is 25.5 Å². The van der Waals surface area contributed by atoms with E-state index in [0.717, 1.165) is 43.2 Å². The van der Waals surface area contributed by atoms with Gasteiger partial charge in [0.05, 0.1) is 18.3 Å². The van der Waals surface area contributed by atoms with E-state index in [0.29, 0.717) is 11.1 Å². The fourth-order valence-corrected chi connectivity index (χ4v) is 5.81. The first kappa shape index (κ1) is 23.7. The van der Waals surface area contributed by atoms with Gasteiger partial charge in [0, 0.05) is 68.8 Å². The molecule has 3 N–H and O–H groups in total. The molecule has 0 saturated heterocycles. The number of fused-ring (bicyclic) bond motifs is 3. The van der Waals surface area contributed by atoms with Gasteiger partial charge >= 0.3 is 5.97 Å². The number of hydrogen-bond acceptors (Lipinski definition) is 4. The summed E-state index contributed by atoms with van der Waals surface area (Å²) in [4.78, 5) is 52.7. The van der Waals surface area contributed by atoms with Gasteiger partial charge in [-0.1, -0.05) is 54.6 Å². The molecule has 0 aliphatic carbocycles. The fraction of sp³-hybridized carbons (Fsp3) is 0.0938. The Hall–Kier alpha value is -5.37. The molecule has 8 nitrogen and oxygen atoms in total. The third-order valence-corrected chi connectivity index (χ3v) is 7.71. The maximum absolute atomic E-state index is 14.4. The summed E-state index contributed by atoms with van der Waals surface area (Å²) in [6.45, 7) is 0. The van der Waals surface area contributed by atoms with Crippen LogP contribution in [0, 0.1) is 0 Å². The lowest BCUT2D eigenvalue weighted by atomic mass is 9.95. The second-order valence-corrected chi connectivity index (χ2v) is 9.83. The third kappa shape index (κ3) is 3.50. The molecule has 0 saturated carbocycles. The van der Waals surface area contributed by atoms with Crippen LogP contribution in [0.4, 0.5) is 0 Å². The third-order valence-electron chi connectivity index (χ3n) is 7.71. The average Bonchev–Trinajstić information content (AvgIpc) is 3.75. The summed E-state index contributed by atoms with van der Waals surface area (Å²) >= 11 is 0. The fourth-order valence-electron chi connectivity index (χ4n) is 5.81. The van der Waals surface area contributed by atoms with Crippen LogP contribution in [-0.4, -0.2) is 50.8 Å². The maximum atomic E-state index is 14.4. The standard InChI is InChI=1S/C32H24N4O4/c1-40-32(39)27(14-18-15-33-24-11-5-2-8-19(18)24)36-30(37)28(22-16-34-25-12-6-3-9-20(22)25)29(31(36)38)23-17-35-26-13-7-4-10-21(23)26/h2-13,15-17,27,33-35H,14H2,1H3/t27-/m0/s1. The second-order valence-electron chi connectivity index (χ2n) is 9.83. The highest BCUT2D eigenvalue weighted by Gasteiger charge is 2.47. The van der Waals surface area contributed by atoms with Crippen molar-refractivity contribution in [1.82, 2.24) is 19.9 Å². The van der Waals surface area contributed by atoms with E-state index in [1.54, 1.807) is 18.6 Å². The average molecular weight is 529 g/mol. The monoisotopic (exact) mass is 528 g/mol. The van der Waals surface area contributed by atoms with E-state index >= 15 is 0 Å². The number of benzene rings is 3. The van der Waals surface area contributed by atoms with Gasteiger partial charge in [-0.15, -0.1) is 0 Å². The molecule has 8 heteroatoms. The Balaban J connectivity index is 1.42. The van der Waals surface area contributed by atoms with E-state index in [1.165, 1.54) is 7.11 Å². The number of rotatable bonds is 6. The molecule has 0 unspecified atom stereocenters. The molecule has 0 spiro atoms. The number of carbonyl (C=O) groups excluding carboxylic acids is 3. The Labute approximate surface area is 228 Å². The molecule has 4 heterocycles. The van der Waals surface area contributed by atoms with Crippen LogP contribution in [0.2, 0.25) is 0 Å². The van der Waals surface area contributed by atoms with E-state index in [4.69, 9.17) is 4.74 Å². The lowest BCUT2D eigenvalue weighted by molar-refractivity contribution is -0.155. The van der Waals surface area contributed by atoms with Crippen molar-refractivity contribution in [1.29, 1.82) is 0 Å². The topological polar surface area (TPSA) is 111 Å². The van der Waals surface area contributed by atoms with Crippen LogP contribution < -0.4 is 0 Å². The number of carbonyl (C=O) groups is 3. The van der Waals surface area contributed by atoms with Crippen molar-refractivity contribution < 1.29 is 19.1 Å². The minimum atomic E-state index is -1.16. The van der Waals surface area contributed by atoms with Crippen molar-refractivity contribution >= 4 is 61.6 Å². The van der Waals surface area contributed by atoms with Gasteiger partial charge in [0.25, 0.3) is 11.8 Å². The van der Waals surface area contributed by atoms with Gasteiger partial charge in [-0.05, 0) is 23.8 Å². The number of imide groups is 1. The molecule has 0 fully saturated rings. The summed E-state index contributed by atoms with van der Waals surface area (Å²) in [5, 5.41) is 2.53. The van der Waals surface area contributed by atoms with Crippen molar-refractivity contribution in [3.63, 3.8) is 0 Å². The van der Waals surface area contributed by atoms with Crippen LogP contribution in [0.3, 0.4) is 0 Å². The van der Waals surface area contributed by atoms with Crippen molar-refractivity contribution in [2.24, 2.45) is 0 Å². The lowest BCUT2D eigenvalue weighted by Crippen LogP contribution is -2.47. The smallest absolute Gasteiger partial charge is 0.329 e. The van der Waals surface area contributed by atoms with Crippen LogP contribution in [0.15, 0.2) is 91.4 Å². The number of hydrogen-bond donors (Lipinski definition) is 3. The molecular weight excluding hydrogens is 504 g/mol. The molecule has 1 aliphatic heterocycles. The van der Waals surface area contributed by atoms with Crippen LogP contribution in [0.5, 0.6) is 0 Å². The summed E-state index contributed by atoms with van der Waals surface area (Å²) in [6.07, 6.45) is 5.41. The highest BCUT2D eigenvalue weighted by molar-refractivity contribution is 6.51. The Morgan fingerprint density at radius 1 is 0.700 bits per heavy atom. The normalized spacial score (nSPS) is 14.7. The van der Waals surface area contributed by atoms with E-state index in [-0.39, 0.29) is 17.6 Å². The van der Waals surface area contributed by atoms with Crippen LogP contribution >= 0.6 is 0 Å². The minimum absolute atomic E-state index is 0.108. The molecule has 3 aromatic carbocycles. The zero-order chi connectivity index (χ0) is 27.4. The highest BCUT2D eigenvalue weighted by atomic mass is 16.5. The molecule has 1 atom stereocenters. The number of nitrogens with zero attached hydrogens (tertiary/aromatic N) is 1. The molecular formula is C32H24N4O4. The van der Waals surface area contributed by atoms with Crippen molar-refractivity contribution in [2.45, 2.75) is 12.5 Å². The SMILES string of the molecule is COC(=O)[C@H](Cc1c[nH]c2ccccc12)N1C(=O)C(c2c[nH]c3ccccc23)=C(c2c[nH]c3ccccc23)C1=O. The lowest BCUT2D eigenvalue weighted by Gasteiger charge is -2.24. The number of para-hydroxylation sites is 3. The minimum Gasteiger partial charge on any atom is -0.467 e. The van der Waals surface area contributed by atoms with Gasteiger partial charge in [0.1, 0.15) is 6.04 Å². The van der Waals surface area contributed by atoms with Crippen LogP contribution in [0.25, 0.3) is 43.9 Å². The van der Waals surface area contributed by atoms with Gasteiger partial charge in [0.2, 0.25) is 0 Å². The number of aromatic nitrogens is 3. The second kappa shape index (κ2) is 9.13. The summed E-state index contributed by atoms with van der Waals surface area (Å²) < 4.78 is 5.15. The molecule has 0 radical (unpaired) electrons. The molecule has 0 bridgehead atoms. The number of H-pyrrole nitrogens is 3. The quantitative estimate of drug-likeness (QED) is 0.204. The number of amides is 2. The molecule has 3 aromatic heterocycles. The van der Waals surface area contributed by atoms with Crippen molar-refractivity contribution in [3.05, 3.63) is 108 Å². The molecule has 40 heavy (non-hydrogen) atoms. The summed E-state index contributed by atoms with van der Waals surface area (Å²) in [6, 6.07) is 21.8. The van der Waals surface area contributed by atoms with E-state index in [2.05, 4.69) is 15.0 Å². The zero-order valence-corrected chi connectivity index (χ0v) is 21.5. The zero-order valence-electron chi connectivity index (χ0n) is 21.5. The van der Waals surface area contributed by atoms with Crippen molar-refractivity contribution in [2.75, 3.05) is 7.11 Å². The number of nitrogens with one attached hydrogen (secondary N) is 3. The van der Waals surface area contributed by atoms with E-state index in [1.807, 2.05) is 72.8 Å². The molecule has 1 aliphatic rings. The number of ether oxygens (including phenoxy) is 1.